The van der Waals surface area contributed by atoms with Gasteiger partial charge in [-0.3, -0.25) is 0 Å². The van der Waals surface area contributed by atoms with E-state index >= 15 is 0 Å². The molecule has 0 saturated carbocycles. The van der Waals surface area contributed by atoms with Crippen molar-refractivity contribution in [2.45, 2.75) is 19.8 Å². The van der Waals surface area contributed by atoms with Crippen molar-refractivity contribution in [2.75, 3.05) is 0 Å². The van der Waals surface area contributed by atoms with Crippen LogP contribution >= 0.6 is 11.3 Å². The molecule has 0 aliphatic carbocycles. The Labute approximate surface area is 183 Å². The zero-order chi connectivity index (χ0) is 20.9. The lowest BCUT2D eigenvalue weighted by atomic mass is 9.99. The Morgan fingerprint density at radius 3 is 2.48 bits per heavy atom. The molecule has 0 aliphatic rings. The van der Waals surface area contributed by atoms with E-state index in [0.29, 0.717) is 5.92 Å². The van der Waals surface area contributed by atoms with E-state index in [1.165, 1.54) is 32.1 Å². The predicted octanol–water partition coefficient (Wildman–Crippen LogP) is 7.44. The highest BCUT2D eigenvalue weighted by Crippen LogP contribution is 2.43. The molecule has 0 radical (unpaired) electrons. The van der Waals surface area contributed by atoms with Gasteiger partial charge in [-0.1, -0.05) is 56.3 Å². The number of oxazole rings is 1. The zero-order valence-electron chi connectivity index (χ0n) is 17.2. The Balaban J connectivity index is 1.61. The molecule has 31 heavy (non-hydrogen) atoms. The van der Waals surface area contributed by atoms with Crippen molar-refractivity contribution in [3.8, 4) is 22.5 Å². The van der Waals surface area contributed by atoms with Crippen LogP contribution in [0.5, 0.6) is 0 Å². The summed E-state index contributed by atoms with van der Waals surface area (Å²) in [5, 5.41) is 3.63. The molecule has 0 saturated heterocycles. The molecule has 4 nitrogen and oxygen atoms in total. The van der Waals surface area contributed by atoms with Crippen molar-refractivity contribution in [3.63, 3.8) is 0 Å². The number of thiophene rings is 1. The third-order valence-corrected chi connectivity index (χ3v) is 7.10. The van der Waals surface area contributed by atoms with Crippen LogP contribution in [0.15, 0.2) is 78.0 Å². The summed E-state index contributed by atoms with van der Waals surface area (Å²) >= 11 is 1.87. The van der Waals surface area contributed by atoms with E-state index in [9.17, 15) is 0 Å². The van der Waals surface area contributed by atoms with Crippen LogP contribution in [0.25, 0.3) is 53.6 Å². The maximum atomic E-state index is 5.13. The Kier molecular flexibility index (Phi) is 4.11. The largest absolute Gasteiger partial charge is 0.451 e. The molecule has 0 bridgehead atoms. The van der Waals surface area contributed by atoms with Crippen molar-refractivity contribution in [3.05, 3.63) is 79.1 Å². The highest BCUT2D eigenvalue weighted by molar-refractivity contribution is 7.26. The normalized spacial score (nSPS) is 11.8. The minimum absolute atomic E-state index is 0.482. The van der Waals surface area contributed by atoms with Crippen molar-refractivity contribution < 1.29 is 4.42 Å². The smallest absolute Gasteiger partial charge is 0.181 e. The number of rotatable bonds is 3. The van der Waals surface area contributed by atoms with Crippen LogP contribution in [0, 0.1) is 0 Å². The van der Waals surface area contributed by atoms with E-state index in [4.69, 9.17) is 9.40 Å². The Morgan fingerprint density at radius 2 is 1.68 bits per heavy atom. The Bertz CT molecular complexity index is 1560. The van der Waals surface area contributed by atoms with Gasteiger partial charge in [0.1, 0.15) is 18.3 Å². The summed E-state index contributed by atoms with van der Waals surface area (Å²) in [6, 6.07) is 19.3. The van der Waals surface area contributed by atoms with Crippen molar-refractivity contribution in [1.29, 1.82) is 0 Å². The third-order valence-electron chi connectivity index (χ3n) is 5.80. The van der Waals surface area contributed by atoms with Crippen LogP contribution in [0.1, 0.15) is 25.3 Å². The molecule has 0 unspecified atom stereocenters. The lowest BCUT2D eigenvalue weighted by Gasteiger charge is -2.07. The second-order valence-electron chi connectivity index (χ2n) is 7.99. The van der Waals surface area contributed by atoms with Gasteiger partial charge in [-0.15, -0.1) is 11.3 Å². The average molecular weight is 422 g/mol. The minimum Gasteiger partial charge on any atom is -0.451 e. The van der Waals surface area contributed by atoms with Gasteiger partial charge in [0, 0.05) is 36.7 Å². The Hall–Kier alpha value is -3.57. The maximum Gasteiger partial charge on any atom is 0.181 e. The highest BCUT2D eigenvalue weighted by Gasteiger charge is 2.16. The van der Waals surface area contributed by atoms with Gasteiger partial charge in [-0.2, -0.15) is 0 Å². The van der Waals surface area contributed by atoms with Crippen LogP contribution < -0.4 is 0 Å². The summed E-state index contributed by atoms with van der Waals surface area (Å²) in [5.74, 6) is 0.482. The third kappa shape index (κ3) is 2.85. The van der Waals surface area contributed by atoms with E-state index in [1.807, 2.05) is 17.4 Å². The molecule has 0 N–H and O–H groups in total. The van der Waals surface area contributed by atoms with Crippen LogP contribution in [-0.4, -0.2) is 15.0 Å². The highest BCUT2D eigenvalue weighted by atomic mass is 32.1. The predicted molar refractivity (Wildman–Crippen MR) is 127 cm³/mol. The summed E-state index contributed by atoms with van der Waals surface area (Å²) in [6.07, 6.45) is 4.74. The summed E-state index contributed by atoms with van der Waals surface area (Å²) in [6.45, 7) is 4.51. The SMILES string of the molecule is CC(C)c1cccc2c1sc1c(-c3ncnc4cc(-c5cocn5)ccc34)cccc12. The van der Waals surface area contributed by atoms with Gasteiger partial charge in [0.15, 0.2) is 6.39 Å². The molecule has 6 aromatic rings. The summed E-state index contributed by atoms with van der Waals surface area (Å²) in [5.41, 5.74) is 6.18. The van der Waals surface area contributed by atoms with Gasteiger partial charge >= 0.3 is 0 Å². The van der Waals surface area contributed by atoms with Crippen molar-refractivity contribution >= 4 is 42.4 Å². The fourth-order valence-electron chi connectivity index (χ4n) is 4.27. The lowest BCUT2D eigenvalue weighted by Crippen LogP contribution is -1.90. The van der Waals surface area contributed by atoms with Crippen molar-refractivity contribution in [1.82, 2.24) is 15.0 Å². The molecule has 0 spiro atoms. The van der Waals surface area contributed by atoms with Gasteiger partial charge in [0.2, 0.25) is 0 Å². The second kappa shape index (κ2) is 7.00. The number of hydrogen-bond donors (Lipinski definition) is 0. The van der Waals surface area contributed by atoms with Gasteiger partial charge in [0.25, 0.3) is 0 Å². The summed E-state index contributed by atoms with van der Waals surface area (Å²) in [4.78, 5) is 13.5. The number of aromatic nitrogens is 3. The van der Waals surface area contributed by atoms with Crippen LogP contribution in [0.4, 0.5) is 0 Å². The average Bonchev–Trinajstić information content (AvgIpc) is 3.46. The molecular weight excluding hydrogens is 402 g/mol. The molecule has 0 atom stereocenters. The molecule has 3 aromatic carbocycles. The number of nitrogens with zero attached hydrogens (tertiary/aromatic N) is 3. The number of hydrogen-bond acceptors (Lipinski definition) is 5. The molecule has 0 amide bonds. The fraction of sp³-hybridized carbons (Fsp3) is 0.115. The van der Waals surface area contributed by atoms with E-state index in [0.717, 1.165) is 33.4 Å². The van der Waals surface area contributed by atoms with Gasteiger partial charge in [-0.05, 0) is 23.6 Å². The standard InChI is InChI=1S/C26H19N3OS/c1-15(2)17-5-3-6-18-19-7-4-8-21(26(19)31-25(17)18)24-20-10-9-16(23-12-30-14-29-23)11-22(20)27-13-28-24/h3-15H,1-2H3. The van der Waals surface area contributed by atoms with Crippen LogP contribution in [0.3, 0.4) is 0 Å². The first-order chi connectivity index (χ1) is 15.2. The number of fused-ring (bicyclic) bond motifs is 4. The number of benzene rings is 3. The monoisotopic (exact) mass is 421 g/mol. The lowest BCUT2D eigenvalue weighted by molar-refractivity contribution is 0.558. The molecule has 150 valence electrons. The van der Waals surface area contributed by atoms with Crippen molar-refractivity contribution in [2.24, 2.45) is 0 Å². The molecule has 6 rings (SSSR count). The molecule has 3 aromatic heterocycles. The van der Waals surface area contributed by atoms with Crippen LogP contribution in [-0.2, 0) is 0 Å². The van der Waals surface area contributed by atoms with Crippen LogP contribution in [0.2, 0.25) is 0 Å². The van der Waals surface area contributed by atoms with E-state index < -0.39 is 0 Å². The van der Waals surface area contributed by atoms with E-state index in [-0.39, 0.29) is 0 Å². The second-order valence-corrected chi connectivity index (χ2v) is 9.01. The first kappa shape index (κ1) is 18.2. The fourth-order valence-corrected chi connectivity index (χ4v) is 5.75. The zero-order valence-corrected chi connectivity index (χ0v) is 18.0. The summed E-state index contributed by atoms with van der Waals surface area (Å²) < 4.78 is 7.77. The van der Waals surface area contributed by atoms with Gasteiger partial charge in [0.05, 0.1) is 11.2 Å². The first-order valence-electron chi connectivity index (χ1n) is 10.3. The van der Waals surface area contributed by atoms with Gasteiger partial charge < -0.3 is 4.42 Å². The minimum atomic E-state index is 0.482. The Morgan fingerprint density at radius 1 is 0.839 bits per heavy atom. The van der Waals surface area contributed by atoms with Gasteiger partial charge in [-0.25, -0.2) is 15.0 Å². The topological polar surface area (TPSA) is 51.8 Å². The summed E-state index contributed by atoms with van der Waals surface area (Å²) in [7, 11) is 0. The molecule has 5 heteroatoms. The molecular formula is C26H19N3OS. The van der Waals surface area contributed by atoms with E-state index in [1.54, 1.807) is 12.6 Å². The molecule has 0 aliphatic heterocycles. The van der Waals surface area contributed by atoms with E-state index in [2.05, 4.69) is 72.3 Å². The first-order valence-corrected chi connectivity index (χ1v) is 11.1. The quantitative estimate of drug-likeness (QED) is 0.298. The maximum absolute atomic E-state index is 5.13. The molecule has 3 heterocycles. The molecule has 0 fully saturated rings.